The summed E-state index contributed by atoms with van der Waals surface area (Å²) in [6.07, 6.45) is 4.66. The van der Waals surface area contributed by atoms with Crippen LogP contribution in [0.2, 0.25) is 0 Å². The van der Waals surface area contributed by atoms with E-state index in [1.54, 1.807) is 0 Å². The molecule has 0 aromatic heterocycles. The summed E-state index contributed by atoms with van der Waals surface area (Å²) >= 11 is 4.33. The van der Waals surface area contributed by atoms with Crippen molar-refractivity contribution in [3.63, 3.8) is 0 Å². The van der Waals surface area contributed by atoms with Crippen LogP contribution >= 0.6 is 12.6 Å². The van der Waals surface area contributed by atoms with Crippen molar-refractivity contribution in [2.75, 3.05) is 6.61 Å². The van der Waals surface area contributed by atoms with Crippen molar-refractivity contribution in [1.29, 1.82) is 0 Å². The van der Waals surface area contributed by atoms with E-state index < -0.39 is 0 Å². The Hall–Kier alpha value is 0.310. The lowest BCUT2D eigenvalue weighted by atomic mass is 10.1. The molecule has 1 nitrogen and oxygen atoms in total. The predicted molar refractivity (Wildman–Crippen MR) is 37.3 cm³/mol. The van der Waals surface area contributed by atoms with Crippen LogP contribution in [0, 0.1) is 0 Å². The first kappa shape index (κ1) is 6.43. The highest BCUT2D eigenvalue weighted by Crippen LogP contribution is 2.34. The van der Waals surface area contributed by atoms with E-state index in [-0.39, 0.29) is 11.4 Å². The SMILES string of the molecule is OCC1(S)CCCC1. The molecule has 1 aliphatic rings. The third-order valence-electron chi connectivity index (χ3n) is 1.83. The Morgan fingerprint density at radius 3 is 2.12 bits per heavy atom. The van der Waals surface area contributed by atoms with Gasteiger partial charge >= 0.3 is 0 Å². The smallest absolute Gasteiger partial charge is 0.0575 e. The van der Waals surface area contributed by atoms with Gasteiger partial charge in [0.05, 0.1) is 6.61 Å². The van der Waals surface area contributed by atoms with Gasteiger partial charge in [-0.15, -0.1) is 0 Å². The van der Waals surface area contributed by atoms with Crippen molar-refractivity contribution in [2.45, 2.75) is 30.4 Å². The fourth-order valence-corrected chi connectivity index (χ4v) is 1.51. The number of aliphatic hydroxyl groups is 1. The lowest BCUT2D eigenvalue weighted by Crippen LogP contribution is -2.20. The normalized spacial score (nSPS) is 26.2. The van der Waals surface area contributed by atoms with Gasteiger partial charge in [-0.3, -0.25) is 0 Å². The fraction of sp³-hybridized carbons (Fsp3) is 1.00. The van der Waals surface area contributed by atoms with Gasteiger partial charge in [0.25, 0.3) is 0 Å². The zero-order valence-electron chi connectivity index (χ0n) is 4.93. The Morgan fingerprint density at radius 2 is 1.88 bits per heavy atom. The van der Waals surface area contributed by atoms with Crippen LogP contribution in [-0.2, 0) is 0 Å². The number of aliphatic hydroxyl groups excluding tert-OH is 1. The summed E-state index contributed by atoms with van der Waals surface area (Å²) in [6, 6.07) is 0. The maximum absolute atomic E-state index is 8.75. The highest BCUT2D eigenvalue weighted by Gasteiger charge is 2.28. The molecule has 0 atom stereocenters. The Bertz CT molecular complexity index is 76.6. The molecule has 1 fully saturated rings. The van der Waals surface area contributed by atoms with Crippen LogP contribution in [0.5, 0.6) is 0 Å². The molecule has 1 rings (SSSR count). The third-order valence-corrected chi connectivity index (χ3v) is 2.42. The molecule has 0 radical (unpaired) electrons. The summed E-state index contributed by atoms with van der Waals surface area (Å²) in [5.74, 6) is 0. The zero-order chi connectivity index (χ0) is 6.04. The van der Waals surface area contributed by atoms with E-state index >= 15 is 0 Å². The van der Waals surface area contributed by atoms with Gasteiger partial charge in [-0.05, 0) is 12.8 Å². The van der Waals surface area contributed by atoms with Crippen LogP contribution in [0.4, 0.5) is 0 Å². The molecule has 0 unspecified atom stereocenters. The van der Waals surface area contributed by atoms with Gasteiger partial charge < -0.3 is 5.11 Å². The molecule has 0 aromatic carbocycles. The molecule has 0 aliphatic heterocycles. The predicted octanol–water partition coefficient (Wildman–Crippen LogP) is 1.22. The highest BCUT2D eigenvalue weighted by molar-refractivity contribution is 7.81. The summed E-state index contributed by atoms with van der Waals surface area (Å²) < 4.78 is -0.0139. The average Bonchev–Trinajstić information content (AvgIpc) is 2.17. The van der Waals surface area contributed by atoms with Crippen LogP contribution < -0.4 is 0 Å². The molecule has 0 spiro atoms. The van der Waals surface area contributed by atoms with Crippen LogP contribution in [0.3, 0.4) is 0 Å². The van der Waals surface area contributed by atoms with E-state index in [2.05, 4.69) is 12.6 Å². The molecular formula is C6H12OS. The quantitative estimate of drug-likeness (QED) is 0.514. The van der Waals surface area contributed by atoms with Crippen molar-refractivity contribution in [3.8, 4) is 0 Å². The minimum Gasteiger partial charge on any atom is -0.395 e. The van der Waals surface area contributed by atoms with Crippen molar-refractivity contribution < 1.29 is 5.11 Å². The maximum Gasteiger partial charge on any atom is 0.0575 e. The Kier molecular flexibility index (Phi) is 1.83. The first-order chi connectivity index (χ1) is 3.77. The lowest BCUT2D eigenvalue weighted by molar-refractivity contribution is 0.251. The number of rotatable bonds is 1. The summed E-state index contributed by atoms with van der Waals surface area (Å²) in [7, 11) is 0. The topological polar surface area (TPSA) is 20.2 Å². The molecule has 0 heterocycles. The fourth-order valence-electron chi connectivity index (χ4n) is 1.19. The standard InChI is InChI=1S/C6H12OS/c7-5-6(8)3-1-2-4-6/h7-8H,1-5H2. The summed E-state index contributed by atoms with van der Waals surface area (Å²) in [5, 5.41) is 8.75. The molecule has 0 aromatic rings. The van der Waals surface area contributed by atoms with Crippen LogP contribution in [-0.4, -0.2) is 16.5 Å². The molecule has 48 valence electrons. The Labute approximate surface area is 55.5 Å². The van der Waals surface area contributed by atoms with Gasteiger partial charge in [-0.25, -0.2) is 0 Å². The van der Waals surface area contributed by atoms with Gasteiger partial charge in [0.1, 0.15) is 0 Å². The average molecular weight is 132 g/mol. The largest absolute Gasteiger partial charge is 0.395 e. The second-order valence-electron chi connectivity index (χ2n) is 2.59. The van der Waals surface area contributed by atoms with Crippen molar-refractivity contribution >= 4 is 12.6 Å². The first-order valence-corrected chi connectivity index (χ1v) is 3.55. The van der Waals surface area contributed by atoms with Gasteiger partial charge in [0.2, 0.25) is 0 Å². The van der Waals surface area contributed by atoms with E-state index in [1.165, 1.54) is 12.8 Å². The molecule has 1 aliphatic carbocycles. The van der Waals surface area contributed by atoms with Crippen molar-refractivity contribution in [1.82, 2.24) is 0 Å². The molecular weight excluding hydrogens is 120 g/mol. The minimum absolute atomic E-state index is 0.0139. The molecule has 0 amide bonds. The van der Waals surface area contributed by atoms with Crippen molar-refractivity contribution in [3.05, 3.63) is 0 Å². The molecule has 0 bridgehead atoms. The van der Waals surface area contributed by atoms with Crippen LogP contribution in [0.1, 0.15) is 25.7 Å². The molecule has 0 saturated heterocycles. The van der Waals surface area contributed by atoms with E-state index in [4.69, 9.17) is 5.11 Å². The van der Waals surface area contributed by atoms with E-state index in [0.29, 0.717) is 0 Å². The zero-order valence-corrected chi connectivity index (χ0v) is 5.82. The van der Waals surface area contributed by atoms with Gasteiger partial charge in [-0.1, -0.05) is 12.8 Å². The lowest BCUT2D eigenvalue weighted by Gasteiger charge is -2.17. The van der Waals surface area contributed by atoms with Crippen LogP contribution in [0.25, 0.3) is 0 Å². The molecule has 2 heteroatoms. The Balaban J connectivity index is 2.40. The molecule has 8 heavy (non-hydrogen) atoms. The maximum atomic E-state index is 8.75. The van der Waals surface area contributed by atoms with Gasteiger partial charge in [0.15, 0.2) is 0 Å². The number of hydrogen-bond acceptors (Lipinski definition) is 2. The van der Waals surface area contributed by atoms with E-state index in [9.17, 15) is 0 Å². The van der Waals surface area contributed by atoms with E-state index in [1.807, 2.05) is 0 Å². The number of hydrogen-bond donors (Lipinski definition) is 2. The monoisotopic (exact) mass is 132 g/mol. The van der Waals surface area contributed by atoms with Gasteiger partial charge in [-0.2, -0.15) is 12.6 Å². The molecule has 1 N–H and O–H groups in total. The third kappa shape index (κ3) is 1.17. The van der Waals surface area contributed by atoms with Crippen LogP contribution in [0.15, 0.2) is 0 Å². The van der Waals surface area contributed by atoms with Crippen molar-refractivity contribution in [2.24, 2.45) is 0 Å². The highest BCUT2D eigenvalue weighted by atomic mass is 32.1. The second-order valence-corrected chi connectivity index (χ2v) is 3.54. The summed E-state index contributed by atoms with van der Waals surface area (Å²) in [5.41, 5.74) is 0. The first-order valence-electron chi connectivity index (χ1n) is 3.10. The van der Waals surface area contributed by atoms with Gasteiger partial charge in [0, 0.05) is 4.75 Å². The Morgan fingerprint density at radius 1 is 1.38 bits per heavy atom. The second kappa shape index (κ2) is 2.28. The molecule has 1 saturated carbocycles. The summed E-state index contributed by atoms with van der Waals surface area (Å²) in [6.45, 7) is 0.246. The minimum atomic E-state index is -0.0139. The summed E-state index contributed by atoms with van der Waals surface area (Å²) in [4.78, 5) is 0. The number of thiol groups is 1. The van der Waals surface area contributed by atoms with E-state index in [0.717, 1.165) is 12.8 Å².